The maximum Gasteiger partial charge on any atom is 0.491 e. The zero-order valence-corrected chi connectivity index (χ0v) is 18.0. The Hall–Kier alpha value is -3.30. The smallest absolute Gasteiger partial charge is 0.423 e. The van der Waals surface area contributed by atoms with Crippen LogP contribution in [0.1, 0.15) is 34.3 Å². The van der Waals surface area contributed by atoms with Crippen molar-refractivity contribution in [2.24, 2.45) is 0 Å². The third-order valence-electron chi connectivity index (χ3n) is 5.73. The van der Waals surface area contributed by atoms with Crippen molar-refractivity contribution < 1.29 is 31.5 Å². The molecule has 3 aromatic carbocycles. The van der Waals surface area contributed by atoms with Crippen molar-refractivity contribution in [3.63, 3.8) is 0 Å². The minimum absolute atomic E-state index is 0.103. The van der Waals surface area contributed by atoms with Gasteiger partial charge in [-0.25, -0.2) is 13.6 Å². The highest BCUT2D eigenvalue weighted by Crippen LogP contribution is 2.40. The molecule has 0 saturated carbocycles. The van der Waals surface area contributed by atoms with E-state index in [4.69, 9.17) is 4.74 Å². The van der Waals surface area contributed by atoms with Crippen LogP contribution in [0.15, 0.2) is 72.8 Å². The van der Waals surface area contributed by atoms with E-state index in [1.807, 2.05) is 0 Å². The van der Waals surface area contributed by atoms with Crippen molar-refractivity contribution >= 4 is 5.97 Å². The quantitative estimate of drug-likeness (QED) is 0.390. The predicted octanol–water partition coefficient (Wildman–Crippen LogP) is 5.25. The van der Waals surface area contributed by atoms with E-state index in [-0.39, 0.29) is 5.56 Å². The lowest BCUT2D eigenvalue weighted by molar-refractivity contribution is -0.218. The Kier molecular flexibility index (Phi) is 6.42. The molecule has 0 aliphatic carbocycles. The van der Waals surface area contributed by atoms with Gasteiger partial charge in [0.05, 0.1) is 12.1 Å². The van der Waals surface area contributed by atoms with Gasteiger partial charge in [0.1, 0.15) is 11.6 Å². The number of carbonyl (C=O) groups is 1. The van der Waals surface area contributed by atoms with Crippen LogP contribution in [-0.4, -0.2) is 18.0 Å². The zero-order chi connectivity index (χ0) is 24.5. The largest absolute Gasteiger partial charge is 0.491 e. The highest BCUT2D eigenvalue weighted by molar-refractivity contribution is 5.76. The normalized spacial score (nSPS) is 22.5. The number of hydrogen-bond acceptors (Lipinski definition) is 4. The Morgan fingerprint density at radius 2 is 1.38 bits per heavy atom. The number of carbonyl (C=O) groups excluding carboxylic acids is 1. The first kappa shape index (κ1) is 23.8. The molecule has 178 valence electrons. The van der Waals surface area contributed by atoms with Gasteiger partial charge in [-0.3, -0.25) is 10.6 Å². The highest BCUT2D eigenvalue weighted by atomic mass is 19.4. The minimum atomic E-state index is -5.31. The summed E-state index contributed by atoms with van der Waals surface area (Å²) < 4.78 is 73.9. The highest BCUT2D eigenvalue weighted by Gasteiger charge is 2.53. The molecule has 0 aromatic heterocycles. The van der Waals surface area contributed by atoms with E-state index in [9.17, 15) is 26.7 Å². The van der Waals surface area contributed by atoms with Crippen molar-refractivity contribution in [3.05, 3.63) is 107 Å². The summed E-state index contributed by atoms with van der Waals surface area (Å²) in [5.41, 5.74) is 0.958. The third-order valence-corrected chi connectivity index (χ3v) is 5.73. The van der Waals surface area contributed by atoms with Crippen molar-refractivity contribution in [3.8, 4) is 0 Å². The first-order valence-electron chi connectivity index (χ1n) is 10.5. The molecule has 1 heterocycles. The summed E-state index contributed by atoms with van der Waals surface area (Å²) in [4.78, 5) is 11.9. The third kappa shape index (κ3) is 4.80. The number of halogens is 5. The molecule has 0 bridgehead atoms. The molecule has 9 heteroatoms. The van der Waals surface area contributed by atoms with Gasteiger partial charge in [-0.05, 0) is 29.7 Å². The molecule has 4 nitrogen and oxygen atoms in total. The van der Waals surface area contributed by atoms with Gasteiger partial charge in [0.25, 0.3) is 0 Å². The average Bonchev–Trinajstić information content (AvgIpc) is 3.19. The Labute approximate surface area is 192 Å². The summed E-state index contributed by atoms with van der Waals surface area (Å²) in [5.74, 6) is -6.62. The van der Waals surface area contributed by atoms with Gasteiger partial charge in [0, 0.05) is 12.0 Å². The monoisotopic (exact) mass is 476 g/mol. The fourth-order valence-electron chi connectivity index (χ4n) is 4.12. The summed E-state index contributed by atoms with van der Waals surface area (Å²) in [6.45, 7) is 1.40. The number of esters is 1. The molecule has 0 spiro atoms. The van der Waals surface area contributed by atoms with Crippen LogP contribution in [0.4, 0.5) is 22.0 Å². The molecule has 2 atom stereocenters. The number of nitrogens with one attached hydrogen (secondary N) is 2. The molecule has 1 aliphatic heterocycles. The van der Waals surface area contributed by atoms with Crippen LogP contribution in [0.5, 0.6) is 0 Å². The number of benzene rings is 3. The molecule has 4 rings (SSSR count). The maximum atomic E-state index is 14.8. The average molecular weight is 476 g/mol. The number of alkyl halides is 3. The maximum absolute atomic E-state index is 14.8. The molecule has 34 heavy (non-hydrogen) atoms. The van der Waals surface area contributed by atoms with Crippen molar-refractivity contribution in [2.45, 2.75) is 37.5 Å². The van der Waals surface area contributed by atoms with Crippen LogP contribution in [0, 0.1) is 18.6 Å². The molecule has 1 saturated heterocycles. The van der Waals surface area contributed by atoms with E-state index in [0.717, 1.165) is 6.07 Å². The number of aryl methyl sites for hydroxylation is 1. The lowest BCUT2D eigenvalue weighted by Crippen LogP contribution is -2.56. The van der Waals surface area contributed by atoms with Crippen LogP contribution < -0.4 is 10.6 Å². The Balaban J connectivity index is 1.82. The molecule has 1 aliphatic rings. The summed E-state index contributed by atoms with van der Waals surface area (Å²) in [6, 6.07) is 18.5. The molecule has 3 aromatic rings. The van der Waals surface area contributed by atoms with Gasteiger partial charge in [-0.15, -0.1) is 0 Å². The topological polar surface area (TPSA) is 50.4 Å². The van der Waals surface area contributed by atoms with Gasteiger partial charge in [0.2, 0.25) is 5.85 Å². The lowest BCUT2D eigenvalue weighted by atomic mass is 9.95. The Morgan fingerprint density at radius 1 is 0.882 bits per heavy atom. The number of ether oxygens (including phenoxy) is 1. The van der Waals surface area contributed by atoms with E-state index in [2.05, 4.69) is 10.6 Å². The van der Waals surface area contributed by atoms with Gasteiger partial charge in [-0.2, -0.15) is 13.2 Å². The summed E-state index contributed by atoms with van der Waals surface area (Å²) in [7, 11) is 0. The second-order valence-corrected chi connectivity index (χ2v) is 8.11. The van der Waals surface area contributed by atoms with E-state index in [0.29, 0.717) is 11.1 Å². The van der Waals surface area contributed by atoms with Crippen molar-refractivity contribution in [1.29, 1.82) is 0 Å². The fraction of sp³-hybridized carbons (Fsp3) is 0.240. The molecule has 0 radical (unpaired) electrons. The minimum Gasteiger partial charge on any atom is -0.423 e. The summed E-state index contributed by atoms with van der Waals surface area (Å²) >= 11 is 0. The molecule has 0 amide bonds. The second kappa shape index (κ2) is 9.15. The van der Waals surface area contributed by atoms with Crippen molar-refractivity contribution in [2.75, 3.05) is 0 Å². The number of rotatable bonds is 5. The summed E-state index contributed by atoms with van der Waals surface area (Å²) in [6.07, 6.45) is -6.03. The predicted molar refractivity (Wildman–Crippen MR) is 114 cm³/mol. The first-order chi connectivity index (χ1) is 16.1. The van der Waals surface area contributed by atoms with Crippen LogP contribution in [-0.2, 0) is 16.0 Å². The molecule has 1 fully saturated rings. The van der Waals surface area contributed by atoms with Crippen LogP contribution >= 0.6 is 0 Å². The second-order valence-electron chi connectivity index (χ2n) is 8.11. The first-order valence-corrected chi connectivity index (χ1v) is 10.5. The SMILES string of the molecule is Cc1ccc(F)c(CC2(OC(=O)C(F)(F)F)NC(c3ccccc3)C(c3ccccc3)N2)c1F. The van der Waals surface area contributed by atoms with E-state index < -0.39 is 53.7 Å². The lowest BCUT2D eigenvalue weighted by Gasteiger charge is -2.31. The van der Waals surface area contributed by atoms with Gasteiger partial charge < -0.3 is 4.74 Å². The van der Waals surface area contributed by atoms with Crippen molar-refractivity contribution in [1.82, 2.24) is 10.6 Å². The fourth-order valence-corrected chi connectivity index (χ4v) is 4.12. The summed E-state index contributed by atoms with van der Waals surface area (Å²) in [5, 5.41) is 5.81. The van der Waals surface area contributed by atoms with Crippen LogP contribution in [0.25, 0.3) is 0 Å². The van der Waals surface area contributed by atoms with E-state index in [1.54, 1.807) is 60.7 Å². The van der Waals surface area contributed by atoms with Gasteiger partial charge >= 0.3 is 12.1 Å². The molecule has 2 N–H and O–H groups in total. The van der Waals surface area contributed by atoms with Gasteiger partial charge in [-0.1, -0.05) is 66.7 Å². The molecular weight excluding hydrogens is 455 g/mol. The van der Waals surface area contributed by atoms with Crippen LogP contribution in [0.3, 0.4) is 0 Å². The van der Waals surface area contributed by atoms with E-state index >= 15 is 0 Å². The Morgan fingerprint density at radius 3 is 1.85 bits per heavy atom. The Bertz CT molecular complexity index is 1120. The molecular formula is C25H21F5N2O2. The standard InChI is InChI=1S/C25H21F5N2O2/c1-15-12-13-19(26)18(20(15)27)14-24(34-23(33)25(28,29)30)31-21(16-8-4-2-5-9-16)22(32-24)17-10-6-3-7-11-17/h2-13,21-22,31-32H,14H2,1H3. The molecule has 2 unspecified atom stereocenters. The van der Waals surface area contributed by atoms with Crippen LogP contribution in [0.2, 0.25) is 0 Å². The van der Waals surface area contributed by atoms with Gasteiger partial charge in [0.15, 0.2) is 0 Å². The van der Waals surface area contributed by atoms with E-state index in [1.165, 1.54) is 13.0 Å². The number of hydrogen-bond donors (Lipinski definition) is 2. The zero-order valence-electron chi connectivity index (χ0n) is 18.0.